The van der Waals surface area contributed by atoms with Crippen molar-refractivity contribution in [3.8, 4) is 0 Å². The standard InChI is InChI=1S/2C4H9N.2BF4/c2*1-2-4-5-3-1;2*2-1(3,4)5/h2*5H,1-4H2;;/q;;2*-1/p+2. The van der Waals surface area contributed by atoms with E-state index >= 15 is 0 Å². The summed E-state index contributed by atoms with van der Waals surface area (Å²) < 4.78 is 78.0. The molecule has 0 amide bonds. The molecule has 12 heteroatoms. The average molecular weight is 318 g/mol. The minimum absolute atomic E-state index is 1.38. The maximum absolute atomic E-state index is 9.75. The van der Waals surface area contributed by atoms with Gasteiger partial charge in [-0.2, -0.15) is 0 Å². The second kappa shape index (κ2) is 12.2. The van der Waals surface area contributed by atoms with Crippen LogP contribution in [0.5, 0.6) is 0 Å². The average Bonchev–Trinajstić information content (AvgIpc) is 2.92. The number of hydrogen-bond acceptors (Lipinski definition) is 0. The summed E-state index contributed by atoms with van der Waals surface area (Å²) in [7, 11) is -12.0. The van der Waals surface area contributed by atoms with Crippen molar-refractivity contribution in [3.63, 3.8) is 0 Å². The fraction of sp³-hybridized carbons (Fsp3) is 1.00. The summed E-state index contributed by atoms with van der Waals surface area (Å²) in [6, 6.07) is 0. The summed E-state index contributed by atoms with van der Waals surface area (Å²) in [5.41, 5.74) is 0. The van der Waals surface area contributed by atoms with Crippen LogP contribution in [0.1, 0.15) is 25.7 Å². The second-order valence-corrected chi connectivity index (χ2v) is 4.14. The van der Waals surface area contributed by atoms with Crippen LogP contribution >= 0.6 is 0 Å². The Hall–Kier alpha value is -0.510. The van der Waals surface area contributed by atoms with Crippen molar-refractivity contribution in [1.82, 2.24) is 0 Å². The van der Waals surface area contributed by atoms with E-state index in [1.807, 2.05) is 0 Å². The van der Waals surface area contributed by atoms with Crippen LogP contribution in [-0.2, 0) is 0 Å². The van der Waals surface area contributed by atoms with Crippen LogP contribution in [0.2, 0.25) is 0 Å². The van der Waals surface area contributed by atoms with Crippen molar-refractivity contribution in [2.45, 2.75) is 25.7 Å². The maximum atomic E-state index is 9.75. The van der Waals surface area contributed by atoms with E-state index in [1.165, 1.54) is 51.9 Å². The highest BCUT2D eigenvalue weighted by Gasteiger charge is 2.21. The SMILES string of the molecule is C1CC[NH2+]C1.C1CC[NH2+]C1.F[B-](F)(F)F.F[B-](F)(F)F. The highest BCUT2D eigenvalue weighted by molar-refractivity contribution is 6.50. The lowest BCUT2D eigenvalue weighted by atomic mass is 10.3. The molecular weight excluding hydrogens is 298 g/mol. The van der Waals surface area contributed by atoms with Crippen LogP contribution in [-0.4, -0.2) is 40.7 Å². The predicted molar refractivity (Wildman–Crippen MR) is 62.2 cm³/mol. The Labute approximate surface area is 112 Å². The topological polar surface area (TPSA) is 33.2 Å². The Morgan fingerprint density at radius 1 is 0.450 bits per heavy atom. The predicted octanol–water partition coefficient (Wildman–Crippen LogP) is 1.29. The minimum atomic E-state index is -6.00. The first-order valence-corrected chi connectivity index (χ1v) is 6.38. The highest BCUT2D eigenvalue weighted by atomic mass is 19.5. The smallest absolute Gasteiger partial charge is 0.418 e. The van der Waals surface area contributed by atoms with E-state index < -0.39 is 14.5 Å². The zero-order valence-corrected chi connectivity index (χ0v) is 11.0. The van der Waals surface area contributed by atoms with E-state index in [4.69, 9.17) is 0 Å². The first-order valence-electron chi connectivity index (χ1n) is 6.38. The Bertz CT molecular complexity index is 154. The lowest BCUT2D eigenvalue weighted by Gasteiger charge is -1.94. The van der Waals surface area contributed by atoms with E-state index in [9.17, 15) is 34.5 Å². The van der Waals surface area contributed by atoms with E-state index in [2.05, 4.69) is 10.6 Å². The zero-order valence-electron chi connectivity index (χ0n) is 11.0. The van der Waals surface area contributed by atoms with Gasteiger partial charge in [0.05, 0.1) is 26.2 Å². The Morgan fingerprint density at radius 2 is 0.600 bits per heavy atom. The number of hydrogen-bond donors (Lipinski definition) is 2. The van der Waals surface area contributed by atoms with Gasteiger partial charge >= 0.3 is 14.5 Å². The summed E-state index contributed by atoms with van der Waals surface area (Å²) in [6.07, 6.45) is 5.78. The van der Waals surface area contributed by atoms with Gasteiger partial charge in [0.1, 0.15) is 0 Å². The quantitative estimate of drug-likeness (QED) is 0.499. The Morgan fingerprint density at radius 3 is 0.650 bits per heavy atom. The van der Waals surface area contributed by atoms with Crippen molar-refractivity contribution < 1.29 is 45.2 Å². The molecule has 0 unspecified atom stereocenters. The molecule has 20 heavy (non-hydrogen) atoms. The zero-order chi connectivity index (χ0) is 16.1. The number of nitrogens with two attached hydrogens (primary N) is 2. The molecule has 2 rings (SSSR count). The molecule has 2 saturated heterocycles. The molecule has 0 bridgehead atoms. The largest absolute Gasteiger partial charge is 0.673 e. The molecule has 0 aromatic heterocycles. The first kappa shape index (κ1) is 21.8. The van der Waals surface area contributed by atoms with Gasteiger partial charge in [0, 0.05) is 25.7 Å². The lowest BCUT2D eigenvalue weighted by molar-refractivity contribution is -0.635. The van der Waals surface area contributed by atoms with E-state index in [0.29, 0.717) is 0 Å². The first-order chi connectivity index (χ1) is 9.00. The van der Waals surface area contributed by atoms with Crippen LogP contribution in [0, 0.1) is 0 Å². The van der Waals surface area contributed by atoms with Crippen LogP contribution in [0.3, 0.4) is 0 Å². The molecule has 0 aliphatic carbocycles. The molecule has 2 aliphatic rings. The van der Waals surface area contributed by atoms with Gasteiger partial charge < -0.3 is 45.2 Å². The van der Waals surface area contributed by atoms with Crippen molar-refractivity contribution in [1.29, 1.82) is 0 Å². The van der Waals surface area contributed by atoms with Crippen LogP contribution in [0.4, 0.5) is 34.5 Å². The Balaban J connectivity index is 0. The fourth-order valence-corrected chi connectivity index (χ4v) is 1.44. The molecule has 2 fully saturated rings. The summed E-state index contributed by atoms with van der Waals surface area (Å²) in [5, 5.41) is 4.72. The van der Waals surface area contributed by atoms with Gasteiger partial charge in [-0.15, -0.1) is 0 Å². The van der Waals surface area contributed by atoms with Crippen LogP contribution < -0.4 is 10.6 Å². The minimum Gasteiger partial charge on any atom is -0.418 e. The molecule has 0 radical (unpaired) electrons. The van der Waals surface area contributed by atoms with Gasteiger partial charge in [0.25, 0.3) is 0 Å². The van der Waals surface area contributed by atoms with Gasteiger partial charge in [-0.3, -0.25) is 0 Å². The van der Waals surface area contributed by atoms with E-state index in [1.54, 1.807) is 0 Å². The van der Waals surface area contributed by atoms with Crippen molar-refractivity contribution in [2.24, 2.45) is 0 Å². The van der Waals surface area contributed by atoms with Crippen molar-refractivity contribution in [2.75, 3.05) is 26.2 Å². The summed E-state index contributed by atoms with van der Waals surface area (Å²) in [5.74, 6) is 0. The summed E-state index contributed by atoms with van der Waals surface area (Å²) in [4.78, 5) is 0. The molecule has 2 aliphatic heterocycles. The van der Waals surface area contributed by atoms with Crippen molar-refractivity contribution >= 4 is 14.5 Å². The molecule has 2 nitrogen and oxygen atoms in total. The van der Waals surface area contributed by atoms with Gasteiger partial charge in [-0.05, 0) is 0 Å². The maximum Gasteiger partial charge on any atom is 0.673 e. The van der Waals surface area contributed by atoms with E-state index in [0.717, 1.165) is 0 Å². The molecule has 0 saturated carbocycles. The van der Waals surface area contributed by atoms with Crippen LogP contribution in [0.15, 0.2) is 0 Å². The molecule has 0 atom stereocenters. The fourth-order valence-electron chi connectivity index (χ4n) is 1.44. The van der Waals surface area contributed by atoms with Gasteiger partial charge in [0.15, 0.2) is 0 Å². The molecule has 0 spiro atoms. The molecule has 124 valence electrons. The number of halogens is 8. The van der Waals surface area contributed by atoms with Crippen molar-refractivity contribution in [3.05, 3.63) is 0 Å². The third kappa shape index (κ3) is 52.8. The van der Waals surface area contributed by atoms with Gasteiger partial charge in [-0.25, -0.2) is 0 Å². The monoisotopic (exact) mass is 318 g/mol. The van der Waals surface area contributed by atoms with Gasteiger partial charge in [0.2, 0.25) is 0 Å². The molecule has 0 aromatic rings. The molecule has 2 heterocycles. The third-order valence-electron chi connectivity index (χ3n) is 2.13. The summed E-state index contributed by atoms with van der Waals surface area (Å²) in [6.45, 7) is 5.50. The molecular formula is C8H20B2F8N2. The Kier molecular flexibility index (Phi) is 13.3. The van der Waals surface area contributed by atoms with Crippen LogP contribution in [0.25, 0.3) is 0 Å². The third-order valence-corrected chi connectivity index (χ3v) is 2.13. The normalized spacial score (nSPS) is 18.0. The molecule has 0 aromatic carbocycles. The van der Waals surface area contributed by atoms with Gasteiger partial charge in [-0.1, -0.05) is 0 Å². The highest BCUT2D eigenvalue weighted by Crippen LogP contribution is 2.07. The number of quaternary nitrogens is 2. The lowest BCUT2D eigenvalue weighted by Crippen LogP contribution is -2.80. The van der Waals surface area contributed by atoms with E-state index in [-0.39, 0.29) is 0 Å². The molecule has 4 N–H and O–H groups in total. The number of rotatable bonds is 0. The second-order valence-electron chi connectivity index (χ2n) is 4.14. The summed E-state index contributed by atoms with van der Waals surface area (Å²) >= 11 is 0.